The predicted molar refractivity (Wildman–Crippen MR) is 93.2 cm³/mol. The SMILES string of the molecule is COC(=O)c1c(NC(=O)C(C#N)=Cc2ccco2)sc2c1CCCC2. The number of nitriles is 1. The number of carbonyl (C=O) groups is 2. The summed E-state index contributed by atoms with van der Waals surface area (Å²) in [7, 11) is 1.32. The average Bonchev–Trinajstić information content (AvgIpc) is 3.25. The summed E-state index contributed by atoms with van der Waals surface area (Å²) < 4.78 is 10.0. The van der Waals surface area contributed by atoms with Crippen LogP contribution in [0.2, 0.25) is 0 Å². The van der Waals surface area contributed by atoms with Crippen LogP contribution in [0.4, 0.5) is 5.00 Å². The summed E-state index contributed by atoms with van der Waals surface area (Å²) in [6.07, 6.45) is 6.56. The van der Waals surface area contributed by atoms with Crippen molar-refractivity contribution in [2.24, 2.45) is 0 Å². The first kappa shape index (κ1) is 17.0. The van der Waals surface area contributed by atoms with E-state index in [0.29, 0.717) is 16.3 Å². The second kappa shape index (κ2) is 7.36. The lowest BCUT2D eigenvalue weighted by Crippen LogP contribution is -2.16. The predicted octanol–water partition coefficient (Wildman–Crippen LogP) is 3.55. The zero-order valence-electron chi connectivity index (χ0n) is 13.6. The van der Waals surface area contributed by atoms with Gasteiger partial charge >= 0.3 is 5.97 Å². The van der Waals surface area contributed by atoms with E-state index in [-0.39, 0.29) is 5.57 Å². The first-order valence-corrected chi connectivity index (χ1v) is 8.65. The van der Waals surface area contributed by atoms with Crippen LogP contribution < -0.4 is 5.32 Å². The minimum atomic E-state index is -0.581. The van der Waals surface area contributed by atoms with Gasteiger partial charge in [-0.3, -0.25) is 4.79 Å². The van der Waals surface area contributed by atoms with Crippen molar-refractivity contribution < 1.29 is 18.7 Å². The van der Waals surface area contributed by atoms with Gasteiger partial charge in [0.15, 0.2) is 0 Å². The van der Waals surface area contributed by atoms with Crippen molar-refractivity contribution in [3.05, 3.63) is 45.7 Å². The smallest absolute Gasteiger partial charge is 0.341 e. The van der Waals surface area contributed by atoms with Crippen LogP contribution in [0.3, 0.4) is 0 Å². The Hall–Kier alpha value is -2.85. The fraction of sp³-hybridized carbons (Fsp3) is 0.278. The molecule has 1 N–H and O–H groups in total. The molecule has 1 aliphatic carbocycles. The molecule has 0 saturated carbocycles. The third-order valence-electron chi connectivity index (χ3n) is 3.98. The number of fused-ring (bicyclic) bond motifs is 1. The normalized spacial score (nSPS) is 13.7. The van der Waals surface area contributed by atoms with Crippen LogP contribution in [-0.4, -0.2) is 19.0 Å². The molecule has 25 heavy (non-hydrogen) atoms. The van der Waals surface area contributed by atoms with Gasteiger partial charge in [-0.25, -0.2) is 4.79 Å². The Morgan fingerprint density at radius 3 is 2.88 bits per heavy atom. The molecule has 2 heterocycles. The molecular formula is C18H16N2O4S. The van der Waals surface area contributed by atoms with Gasteiger partial charge in [0, 0.05) is 11.0 Å². The van der Waals surface area contributed by atoms with Crippen LogP contribution in [-0.2, 0) is 22.4 Å². The van der Waals surface area contributed by atoms with E-state index in [1.54, 1.807) is 12.1 Å². The standard InChI is InChI=1S/C18H16N2O4S/c1-23-18(22)15-13-6-2-3-7-14(13)25-17(15)20-16(21)11(10-19)9-12-5-4-8-24-12/h4-5,8-9H,2-3,6-7H2,1H3,(H,20,21). The quantitative estimate of drug-likeness (QED) is 0.514. The van der Waals surface area contributed by atoms with Gasteiger partial charge in [-0.1, -0.05) is 0 Å². The molecule has 0 aliphatic heterocycles. The molecule has 0 atom stereocenters. The van der Waals surface area contributed by atoms with Crippen molar-refractivity contribution >= 4 is 34.3 Å². The number of esters is 1. The molecule has 128 valence electrons. The maximum atomic E-state index is 12.5. The van der Waals surface area contributed by atoms with Gasteiger partial charge in [0.05, 0.1) is 18.9 Å². The summed E-state index contributed by atoms with van der Waals surface area (Å²) in [5, 5.41) is 12.4. The number of amides is 1. The third kappa shape index (κ3) is 3.49. The van der Waals surface area contributed by atoms with E-state index < -0.39 is 11.9 Å². The lowest BCUT2D eigenvalue weighted by atomic mass is 9.95. The van der Waals surface area contributed by atoms with Gasteiger partial charge in [-0.2, -0.15) is 5.26 Å². The number of anilines is 1. The van der Waals surface area contributed by atoms with E-state index in [1.165, 1.54) is 30.8 Å². The zero-order chi connectivity index (χ0) is 17.8. The van der Waals surface area contributed by atoms with Gasteiger partial charge < -0.3 is 14.5 Å². The molecule has 7 heteroatoms. The minimum Gasteiger partial charge on any atom is -0.465 e. The number of ether oxygens (including phenoxy) is 1. The summed E-state index contributed by atoms with van der Waals surface area (Å²) in [5.74, 6) is -0.642. The summed E-state index contributed by atoms with van der Waals surface area (Å²) in [6.45, 7) is 0. The fourth-order valence-corrected chi connectivity index (χ4v) is 4.08. The lowest BCUT2D eigenvalue weighted by Gasteiger charge is -2.11. The van der Waals surface area contributed by atoms with Gasteiger partial charge in [0.2, 0.25) is 0 Å². The van der Waals surface area contributed by atoms with Crippen molar-refractivity contribution in [2.75, 3.05) is 12.4 Å². The highest BCUT2D eigenvalue weighted by atomic mass is 32.1. The van der Waals surface area contributed by atoms with Crippen LogP contribution in [0.15, 0.2) is 28.4 Å². The Kier molecular flexibility index (Phi) is 5.00. The van der Waals surface area contributed by atoms with E-state index in [1.807, 2.05) is 6.07 Å². The van der Waals surface area contributed by atoms with Crippen molar-refractivity contribution in [1.29, 1.82) is 5.26 Å². The third-order valence-corrected chi connectivity index (χ3v) is 5.19. The molecule has 0 fully saturated rings. The second-order valence-electron chi connectivity index (χ2n) is 5.55. The largest absolute Gasteiger partial charge is 0.465 e. The van der Waals surface area contributed by atoms with E-state index in [4.69, 9.17) is 9.15 Å². The number of nitrogens with zero attached hydrogens (tertiary/aromatic N) is 1. The molecule has 0 bridgehead atoms. The maximum Gasteiger partial charge on any atom is 0.341 e. The number of furan rings is 1. The van der Waals surface area contributed by atoms with E-state index in [2.05, 4.69) is 5.32 Å². The number of carbonyl (C=O) groups excluding carboxylic acids is 2. The zero-order valence-corrected chi connectivity index (χ0v) is 14.4. The van der Waals surface area contributed by atoms with Crippen LogP contribution in [0.5, 0.6) is 0 Å². The second-order valence-corrected chi connectivity index (χ2v) is 6.65. The van der Waals surface area contributed by atoms with Crippen molar-refractivity contribution in [2.45, 2.75) is 25.7 Å². The molecular weight excluding hydrogens is 340 g/mol. The molecule has 0 saturated heterocycles. The van der Waals surface area contributed by atoms with E-state index >= 15 is 0 Å². The topological polar surface area (TPSA) is 92.3 Å². The fourth-order valence-electron chi connectivity index (χ4n) is 2.81. The maximum absolute atomic E-state index is 12.5. The Morgan fingerprint density at radius 2 is 2.20 bits per heavy atom. The van der Waals surface area contributed by atoms with E-state index in [0.717, 1.165) is 36.1 Å². The molecule has 0 aromatic carbocycles. The number of hydrogen-bond acceptors (Lipinski definition) is 6. The van der Waals surface area contributed by atoms with Crippen molar-refractivity contribution in [3.8, 4) is 6.07 Å². The summed E-state index contributed by atoms with van der Waals surface area (Å²) in [4.78, 5) is 25.7. The van der Waals surface area contributed by atoms with Crippen molar-refractivity contribution in [1.82, 2.24) is 0 Å². The first-order valence-electron chi connectivity index (χ1n) is 7.83. The first-order chi connectivity index (χ1) is 12.1. The summed E-state index contributed by atoms with van der Waals surface area (Å²) in [5.41, 5.74) is 1.26. The van der Waals surface area contributed by atoms with Crippen LogP contribution in [0.25, 0.3) is 6.08 Å². The Labute approximate surface area is 148 Å². The van der Waals surface area contributed by atoms with Crippen LogP contribution >= 0.6 is 11.3 Å². The summed E-state index contributed by atoms with van der Waals surface area (Å²) in [6, 6.07) is 5.18. The van der Waals surface area contributed by atoms with Gasteiger partial charge in [0.25, 0.3) is 5.91 Å². The number of methoxy groups -OCH3 is 1. The number of nitrogens with one attached hydrogen (secondary N) is 1. The molecule has 3 rings (SSSR count). The van der Waals surface area contributed by atoms with Crippen LogP contribution in [0.1, 0.15) is 39.4 Å². The van der Waals surface area contributed by atoms with Gasteiger partial charge in [0.1, 0.15) is 22.4 Å². The Balaban J connectivity index is 1.92. The molecule has 0 radical (unpaired) electrons. The van der Waals surface area contributed by atoms with Crippen molar-refractivity contribution in [3.63, 3.8) is 0 Å². The molecule has 0 unspecified atom stereocenters. The highest BCUT2D eigenvalue weighted by Gasteiger charge is 2.27. The van der Waals surface area contributed by atoms with E-state index in [9.17, 15) is 14.9 Å². The number of aryl methyl sites for hydroxylation is 1. The Morgan fingerprint density at radius 1 is 1.40 bits per heavy atom. The van der Waals surface area contributed by atoms with Crippen LogP contribution in [0, 0.1) is 11.3 Å². The molecule has 2 aromatic rings. The average molecular weight is 356 g/mol. The molecule has 1 aliphatic rings. The number of hydrogen-bond donors (Lipinski definition) is 1. The molecule has 1 amide bonds. The Bertz CT molecular complexity index is 872. The highest BCUT2D eigenvalue weighted by Crippen LogP contribution is 2.38. The highest BCUT2D eigenvalue weighted by molar-refractivity contribution is 7.17. The number of thiophene rings is 1. The monoisotopic (exact) mass is 356 g/mol. The van der Waals surface area contributed by atoms with Gasteiger partial charge in [-0.05, 0) is 43.4 Å². The molecule has 6 nitrogen and oxygen atoms in total. The molecule has 2 aromatic heterocycles. The minimum absolute atomic E-state index is 0.0999. The molecule has 0 spiro atoms. The van der Waals surface area contributed by atoms with Gasteiger partial charge in [-0.15, -0.1) is 11.3 Å². The summed E-state index contributed by atoms with van der Waals surface area (Å²) >= 11 is 1.38. The lowest BCUT2D eigenvalue weighted by molar-refractivity contribution is -0.112. The number of rotatable bonds is 4.